The molecule has 0 atom stereocenters. The summed E-state index contributed by atoms with van der Waals surface area (Å²) in [6.07, 6.45) is 7.82. The molecule has 2 aliphatic rings. The van der Waals surface area contributed by atoms with Crippen LogP contribution >= 0.6 is 0 Å². The number of hydrogen-bond acceptors (Lipinski definition) is 4. The van der Waals surface area contributed by atoms with E-state index in [1.165, 1.54) is 22.5 Å². The zero-order chi connectivity index (χ0) is 20.4. The van der Waals surface area contributed by atoms with Crippen molar-refractivity contribution in [3.63, 3.8) is 0 Å². The van der Waals surface area contributed by atoms with Crippen LogP contribution in [0.2, 0.25) is 0 Å². The number of aromatic nitrogens is 1. The number of carbonyl (C=O) groups is 1. The van der Waals surface area contributed by atoms with Crippen LogP contribution in [0, 0.1) is 0 Å². The van der Waals surface area contributed by atoms with E-state index in [1.807, 2.05) is 0 Å². The molecule has 0 unspecified atom stereocenters. The third kappa shape index (κ3) is 4.23. The number of fused-ring (bicyclic) bond motifs is 1. The second-order valence-electron chi connectivity index (χ2n) is 8.03. The van der Waals surface area contributed by atoms with E-state index in [1.54, 1.807) is 6.07 Å². The zero-order valence-corrected chi connectivity index (χ0v) is 17.3. The summed E-state index contributed by atoms with van der Waals surface area (Å²) >= 11 is 0. The summed E-state index contributed by atoms with van der Waals surface area (Å²) in [4.78, 5) is 27.8. The Hall–Kier alpha value is -2.19. The van der Waals surface area contributed by atoms with E-state index >= 15 is 0 Å². The second-order valence-corrected chi connectivity index (χ2v) is 9.97. The van der Waals surface area contributed by atoms with Crippen molar-refractivity contribution in [1.29, 1.82) is 0 Å². The van der Waals surface area contributed by atoms with Crippen molar-refractivity contribution in [2.24, 2.45) is 0 Å². The highest BCUT2D eigenvalue weighted by Gasteiger charge is 2.26. The first kappa shape index (κ1) is 20.1. The summed E-state index contributed by atoms with van der Waals surface area (Å²) in [6.45, 7) is 1.03. The van der Waals surface area contributed by atoms with Gasteiger partial charge in [0.25, 0.3) is 5.91 Å². The molecule has 0 spiro atoms. The molecule has 1 aliphatic carbocycles. The van der Waals surface area contributed by atoms with Gasteiger partial charge in [-0.15, -0.1) is 0 Å². The average molecular weight is 418 g/mol. The highest BCUT2D eigenvalue weighted by Crippen LogP contribution is 2.25. The normalized spacial score (nSPS) is 19.3. The molecule has 8 heteroatoms. The summed E-state index contributed by atoms with van der Waals surface area (Å²) in [7, 11) is -3.64. The first-order chi connectivity index (χ1) is 13.9. The summed E-state index contributed by atoms with van der Waals surface area (Å²) < 4.78 is 27.9. The van der Waals surface area contributed by atoms with Gasteiger partial charge in [0.15, 0.2) is 0 Å². The molecular formula is C21H27N3O4S. The van der Waals surface area contributed by atoms with Crippen molar-refractivity contribution in [2.45, 2.75) is 62.3 Å². The summed E-state index contributed by atoms with van der Waals surface area (Å²) in [6, 6.07) is 5.98. The van der Waals surface area contributed by atoms with Crippen LogP contribution in [0.1, 0.15) is 61.7 Å². The minimum Gasteiger partial charge on any atom is -0.349 e. The Morgan fingerprint density at radius 1 is 1.00 bits per heavy atom. The van der Waals surface area contributed by atoms with Gasteiger partial charge in [-0.3, -0.25) is 9.59 Å². The van der Waals surface area contributed by atoms with Gasteiger partial charge in [-0.25, -0.2) is 8.42 Å². The van der Waals surface area contributed by atoms with Crippen LogP contribution in [-0.2, 0) is 10.0 Å². The zero-order valence-electron chi connectivity index (χ0n) is 16.4. The Balaban J connectivity index is 1.73. The molecule has 1 saturated carbocycles. The highest BCUT2D eigenvalue weighted by molar-refractivity contribution is 7.89. The van der Waals surface area contributed by atoms with E-state index in [9.17, 15) is 18.0 Å². The van der Waals surface area contributed by atoms with E-state index < -0.39 is 10.0 Å². The lowest BCUT2D eigenvalue weighted by Crippen LogP contribution is -2.33. The van der Waals surface area contributed by atoms with Crippen molar-refractivity contribution >= 4 is 26.8 Å². The molecule has 29 heavy (non-hydrogen) atoms. The Bertz CT molecular complexity index is 1060. The number of hydrogen-bond donors (Lipinski definition) is 2. The molecule has 0 radical (unpaired) electrons. The number of benzene rings is 1. The number of nitrogens with one attached hydrogen (secondary N) is 2. The molecule has 0 bridgehead atoms. The molecule has 1 saturated heterocycles. The van der Waals surface area contributed by atoms with Gasteiger partial charge in [0.1, 0.15) is 0 Å². The minimum absolute atomic E-state index is 0.112. The third-order valence-corrected chi connectivity index (χ3v) is 7.85. The fraction of sp³-hybridized carbons (Fsp3) is 0.524. The van der Waals surface area contributed by atoms with Crippen LogP contribution in [0.3, 0.4) is 0 Å². The van der Waals surface area contributed by atoms with Gasteiger partial charge in [-0.05, 0) is 43.9 Å². The maximum atomic E-state index is 13.2. The molecule has 156 valence electrons. The van der Waals surface area contributed by atoms with E-state index in [-0.39, 0.29) is 28.0 Å². The van der Waals surface area contributed by atoms with Crippen LogP contribution in [0.25, 0.3) is 10.9 Å². The third-order valence-electron chi connectivity index (χ3n) is 5.95. The number of sulfonamides is 1. The quantitative estimate of drug-likeness (QED) is 0.799. The lowest BCUT2D eigenvalue weighted by molar-refractivity contribution is 0.0939. The van der Waals surface area contributed by atoms with E-state index in [4.69, 9.17) is 0 Å². The number of H-pyrrole nitrogens is 1. The molecule has 1 aromatic carbocycles. The topological polar surface area (TPSA) is 99.3 Å². The fourth-order valence-corrected chi connectivity index (χ4v) is 5.89. The Labute approximate surface area is 170 Å². The predicted molar refractivity (Wildman–Crippen MR) is 112 cm³/mol. The van der Waals surface area contributed by atoms with Crippen molar-refractivity contribution < 1.29 is 13.2 Å². The molecule has 1 amide bonds. The van der Waals surface area contributed by atoms with E-state index in [0.717, 1.165) is 51.4 Å². The Morgan fingerprint density at radius 3 is 2.38 bits per heavy atom. The molecule has 1 aliphatic heterocycles. The van der Waals surface area contributed by atoms with Crippen molar-refractivity contribution in [3.05, 3.63) is 40.2 Å². The van der Waals surface area contributed by atoms with Gasteiger partial charge in [-0.1, -0.05) is 25.7 Å². The van der Waals surface area contributed by atoms with Gasteiger partial charge in [-0.2, -0.15) is 4.31 Å². The maximum absolute atomic E-state index is 13.2. The van der Waals surface area contributed by atoms with Gasteiger partial charge in [0, 0.05) is 36.1 Å². The maximum Gasteiger partial charge on any atom is 0.252 e. The number of nitrogens with zero attached hydrogens (tertiary/aromatic N) is 1. The minimum atomic E-state index is -3.64. The average Bonchev–Trinajstić information content (AvgIpc) is 3.04. The van der Waals surface area contributed by atoms with Crippen LogP contribution in [-0.4, -0.2) is 42.7 Å². The van der Waals surface area contributed by atoms with Crippen LogP contribution in [0.4, 0.5) is 0 Å². The molecule has 2 aromatic rings. The smallest absolute Gasteiger partial charge is 0.252 e. The lowest BCUT2D eigenvalue weighted by Gasteiger charge is -2.20. The fourth-order valence-electron chi connectivity index (χ4n) is 4.35. The van der Waals surface area contributed by atoms with Gasteiger partial charge in [0.2, 0.25) is 15.6 Å². The van der Waals surface area contributed by atoms with Crippen LogP contribution in [0.5, 0.6) is 0 Å². The summed E-state index contributed by atoms with van der Waals surface area (Å²) in [5.74, 6) is -0.322. The molecular weight excluding hydrogens is 390 g/mol. The number of rotatable bonds is 4. The van der Waals surface area contributed by atoms with Crippen molar-refractivity contribution in [3.8, 4) is 0 Å². The highest BCUT2D eigenvalue weighted by atomic mass is 32.2. The molecule has 1 aromatic heterocycles. The van der Waals surface area contributed by atoms with Gasteiger partial charge in [0.05, 0.1) is 10.5 Å². The standard InChI is InChI=1S/C21H27N3O4S/c25-20-14-18(21(26)22-15-7-3-4-8-15)17-13-16(9-10-19(17)23-20)29(27,28)24-11-5-1-2-6-12-24/h9-10,13-15H,1-8,11-12H2,(H,22,26)(H,23,25). The number of pyridine rings is 1. The molecule has 4 rings (SSSR count). The van der Waals surface area contributed by atoms with Crippen LogP contribution < -0.4 is 10.9 Å². The molecule has 2 N–H and O–H groups in total. The van der Waals surface area contributed by atoms with E-state index in [2.05, 4.69) is 10.3 Å². The second kappa shape index (κ2) is 8.28. The predicted octanol–water partition coefficient (Wildman–Crippen LogP) is 2.77. The first-order valence-corrected chi connectivity index (χ1v) is 11.9. The Kier molecular flexibility index (Phi) is 5.74. The summed E-state index contributed by atoms with van der Waals surface area (Å²) in [5.41, 5.74) is 0.310. The largest absolute Gasteiger partial charge is 0.349 e. The number of aromatic amines is 1. The lowest BCUT2D eigenvalue weighted by atomic mass is 10.1. The van der Waals surface area contributed by atoms with Gasteiger partial charge < -0.3 is 10.3 Å². The van der Waals surface area contributed by atoms with Crippen LogP contribution in [0.15, 0.2) is 34.0 Å². The van der Waals surface area contributed by atoms with Crippen molar-refractivity contribution in [2.75, 3.05) is 13.1 Å². The molecule has 2 fully saturated rings. The summed E-state index contributed by atoms with van der Waals surface area (Å²) in [5, 5.41) is 3.45. The molecule has 2 heterocycles. The number of amides is 1. The number of carbonyl (C=O) groups excluding carboxylic acids is 1. The van der Waals surface area contributed by atoms with Crippen molar-refractivity contribution in [1.82, 2.24) is 14.6 Å². The Morgan fingerprint density at radius 2 is 1.69 bits per heavy atom. The molecule has 7 nitrogen and oxygen atoms in total. The van der Waals surface area contributed by atoms with Gasteiger partial charge >= 0.3 is 0 Å². The monoisotopic (exact) mass is 417 g/mol. The SMILES string of the molecule is O=C(NC1CCCC1)c1cc(=O)[nH]c2ccc(S(=O)(=O)N3CCCCCC3)cc12. The van der Waals surface area contributed by atoms with E-state index in [0.29, 0.717) is 24.0 Å². The first-order valence-electron chi connectivity index (χ1n) is 10.4.